The van der Waals surface area contributed by atoms with Crippen LogP contribution in [0.2, 0.25) is 0 Å². The molecule has 0 saturated carbocycles. The van der Waals surface area contributed by atoms with Gasteiger partial charge in [-0.1, -0.05) is 140 Å². The zero-order valence-electron chi connectivity index (χ0n) is 28.0. The lowest BCUT2D eigenvalue weighted by Crippen LogP contribution is -2.74. The van der Waals surface area contributed by atoms with Crippen molar-refractivity contribution in [2.45, 2.75) is 0 Å². The fourth-order valence-electron chi connectivity index (χ4n) is 9.02. The molecule has 8 aromatic carbocycles. The van der Waals surface area contributed by atoms with Gasteiger partial charge in [0.25, 0.3) is 0 Å². The molecule has 4 aromatic heterocycles. The maximum atomic E-state index is 5.38. The van der Waals surface area contributed by atoms with Crippen LogP contribution < -0.4 is 20.7 Å². The molecule has 4 heterocycles. The Morgan fingerprint density at radius 2 is 0.692 bits per heavy atom. The van der Waals surface area contributed by atoms with Gasteiger partial charge < -0.3 is 0 Å². The lowest BCUT2D eigenvalue weighted by Gasteiger charge is -2.34. The van der Waals surface area contributed by atoms with Gasteiger partial charge in [0.1, 0.15) is 5.52 Å². The van der Waals surface area contributed by atoms with E-state index in [0.29, 0.717) is 0 Å². The summed E-state index contributed by atoms with van der Waals surface area (Å²) in [4.78, 5) is 10.8. The van der Waals surface area contributed by atoms with E-state index < -0.39 is 8.07 Å². The third kappa shape index (κ3) is 3.56. The van der Waals surface area contributed by atoms with Crippen molar-refractivity contribution >= 4 is 101 Å². The van der Waals surface area contributed by atoms with Gasteiger partial charge in [-0.3, -0.25) is 8.80 Å². The standard InChI is InChI=1S/C46H29N5Si/c1-4-18-34(19-5-1)52(35-20-6-2-7-21-35,36-22-8-3-9-23-36)37-28-42-44-43(29-37)50-41-27-33-17-13-11-15-31(33)25-39(41)48-46(50)51(44)45-47-38-24-30-14-10-12-16-32(30)26-40(38)49(42)45/h1-29H. The van der Waals surface area contributed by atoms with E-state index >= 15 is 0 Å². The van der Waals surface area contributed by atoms with Crippen molar-refractivity contribution in [2.75, 3.05) is 0 Å². The van der Waals surface area contributed by atoms with E-state index in [4.69, 9.17) is 9.97 Å². The van der Waals surface area contributed by atoms with Gasteiger partial charge in [0.2, 0.25) is 11.6 Å². The minimum Gasteiger partial charge on any atom is -0.276 e. The molecule has 0 N–H and O–H groups in total. The summed E-state index contributed by atoms with van der Waals surface area (Å²) in [6.45, 7) is 0. The molecule has 0 atom stereocenters. The first-order valence-electron chi connectivity index (χ1n) is 17.8. The molecule has 52 heavy (non-hydrogen) atoms. The predicted octanol–water partition coefficient (Wildman–Crippen LogP) is 7.82. The van der Waals surface area contributed by atoms with E-state index in [2.05, 4.69) is 189 Å². The van der Waals surface area contributed by atoms with E-state index in [-0.39, 0.29) is 0 Å². The first kappa shape index (κ1) is 28.0. The zero-order valence-corrected chi connectivity index (χ0v) is 29.0. The van der Waals surface area contributed by atoms with Crippen LogP contribution in [0.15, 0.2) is 176 Å². The van der Waals surface area contributed by atoms with Crippen LogP contribution in [0, 0.1) is 0 Å². The first-order chi connectivity index (χ1) is 25.8. The molecule has 0 fully saturated rings. The van der Waals surface area contributed by atoms with Crippen molar-refractivity contribution in [1.82, 2.24) is 23.2 Å². The average Bonchev–Trinajstić information content (AvgIpc) is 3.93. The van der Waals surface area contributed by atoms with Crippen molar-refractivity contribution in [3.63, 3.8) is 0 Å². The second-order valence-corrected chi connectivity index (χ2v) is 17.7. The Hall–Kier alpha value is -6.76. The van der Waals surface area contributed by atoms with Crippen LogP contribution in [0.3, 0.4) is 0 Å². The quantitative estimate of drug-likeness (QED) is 0.141. The molecular formula is C46H29N5Si. The lowest BCUT2D eigenvalue weighted by molar-refractivity contribution is 1.15. The van der Waals surface area contributed by atoms with Crippen molar-refractivity contribution in [3.05, 3.63) is 176 Å². The Kier molecular flexibility index (Phi) is 5.47. The molecule has 0 unspecified atom stereocenters. The molecule has 0 bridgehead atoms. The summed E-state index contributed by atoms with van der Waals surface area (Å²) in [5.74, 6) is 1.76. The summed E-state index contributed by atoms with van der Waals surface area (Å²) in [7, 11) is -2.88. The van der Waals surface area contributed by atoms with Gasteiger partial charge in [-0.2, -0.15) is 0 Å². The molecule has 12 rings (SSSR count). The summed E-state index contributed by atoms with van der Waals surface area (Å²) in [6, 6.07) is 64.7. The van der Waals surface area contributed by atoms with Crippen LogP contribution in [-0.4, -0.2) is 31.2 Å². The highest BCUT2D eigenvalue weighted by molar-refractivity contribution is 7.20. The van der Waals surface area contributed by atoms with Crippen molar-refractivity contribution in [3.8, 4) is 0 Å². The molecule has 12 aromatic rings. The Morgan fingerprint density at radius 1 is 0.327 bits per heavy atom. The third-order valence-electron chi connectivity index (χ3n) is 11.2. The molecule has 5 nitrogen and oxygen atoms in total. The van der Waals surface area contributed by atoms with E-state index in [9.17, 15) is 0 Å². The smallest absolute Gasteiger partial charge is 0.223 e. The van der Waals surface area contributed by atoms with E-state index in [0.717, 1.165) is 50.2 Å². The minimum atomic E-state index is -2.88. The van der Waals surface area contributed by atoms with Gasteiger partial charge in [-0.15, -0.1) is 0 Å². The van der Waals surface area contributed by atoms with Crippen LogP contribution in [-0.2, 0) is 0 Å². The van der Waals surface area contributed by atoms with Gasteiger partial charge in [0.05, 0.1) is 33.1 Å². The van der Waals surface area contributed by atoms with Crippen molar-refractivity contribution in [2.24, 2.45) is 0 Å². The number of benzene rings is 8. The first-order valence-corrected chi connectivity index (χ1v) is 19.8. The normalized spacial score (nSPS) is 12.6. The van der Waals surface area contributed by atoms with Crippen molar-refractivity contribution in [1.29, 1.82) is 0 Å². The highest BCUT2D eigenvalue weighted by Gasteiger charge is 2.42. The van der Waals surface area contributed by atoms with Crippen LogP contribution in [0.25, 0.3) is 71.7 Å². The molecule has 0 radical (unpaired) electrons. The SMILES string of the molecule is c1ccc([Si](c2ccccc2)(c2ccccc2)c2cc3c4c(c2)n2c5cc6ccccc6cc5nc2n4c2nc4cc5ccccc5cc4n32)cc1. The second-order valence-electron chi connectivity index (χ2n) is 13.9. The third-order valence-corrected chi connectivity index (χ3v) is 16.0. The number of nitrogens with zero attached hydrogens (tertiary/aromatic N) is 5. The largest absolute Gasteiger partial charge is 0.276 e. The Bertz CT molecular complexity index is 3090. The molecule has 0 aliphatic rings. The predicted molar refractivity (Wildman–Crippen MR) is 217 cm³/mol. The van der Waals surface area contributed by atoms with Crippen molar-refractivity contribution < 1.29 is 0 Å². The van der Waals surface area contributed by atoms with Crippen LogP contribution in [0.4, 0.5) is 0 Å². The highest BCUT2D eigenvalue weighted by Crippen LogP contribution is 2.36. The van der Waals surface area contributed by atoms with E-state index in [1.165, 1.54) is 42.3 Å². The molecule has 6 heteroatoms. The number of imidazole rings is 4. The second kappa shape index (κ2) is 10.2. The number of hydrogen-bond acceptors (Lipinski definition) is 2. The molecule has 0 aliphatic heterocycles. The van der Waals surface area contributed by atoms with Gasteiger partial charge in [-0.25, -0.2) is 14.4 Å². The van der Waals surface area contributed by atoms with Crippen LogP contribution in [0.1, 0.15) is 0 Å². The Balaban J connectivity index is 1.33. The topological polar surface area (TPSA) is 39.0 Å². The Labute approximate surface area is 298 Å². The monoisotopic (exact) mass is 679 g/mol. The Morgan fingerprint density at radius 3 is 1.10 bits per heavy atom. The van der Waals surface area contributed by atoms with Gasteiger partial charge in [0, 0.05) is 0 Å². The fourth-order valence-corrected chi connectivity index (χ4v) is 13.8. The zero-order chi connectivity index (χ0) is 34.0. The molecular weight excluding hydrogens is 651 g/mol. The summed E-state index contributed by atoms with van der Waals surface area (Å²) in [5.41, 5.74) is 7.56. The molecule has 0 amide bonds. The maximum Gasteiger partial charge on any atom is 0.223 e. The number of rotatable bonds is 4. The molecule has 242 valence electrons. The molecule has 0 saturated heterocycles. The fraction of sp³-hybridized carbons (Fsp3) is 0. The molecule has 0 spiro atoms. The van der Waals surface area contributed by atoms with E-state index in [1.807, 2.05) is 0 Å². The number of aromatic nitrogens is 5. The summed E-state index contributed by atoms with van der Waals surface area (Å²) < 4.78 is 7.05. The summed E-state index contributed by atoms with van der Waals surface area (Å²) in [5, 5.41) is 10.1. The van der Waals surface area contributed by atoms with Gasteiger partial charge in [0.15, 0.2) is 8.07 Å². The van der Waals surface area contributed by atoms with Crippen LogP contribution in [0.5, 0.6) is 0 Å². The van der Waals surface area contributed by atoms with Crippen LogP contribution >= 0.6 is 0 Å². The summed E-state index contributed by atoms with van der Waals surface area (Å²) >= 11 is 0. The maximum absolute atomic E-state index is 5.38. The number of hydrogen-bond donors (Lipinski definition) is 0. The van der Waals surface area contributed by atoms with Gasteiger partial charge >= 0.3 is 0 Å². The minimum absolute atomic E-state index is 0.878. The highest BCUT2D eigenvalue weighted by atomic mass is 28.3. The summed E-state index contributed by atoms with van der Waals surface area (Å²) in [6.07, 6.45) is 0. The van der Waals surface area contributed by atoms with Gasteiger partial charge in [-0.05, 0) is 78.7 Å². The number of fused-ring (bicyclic) bond motifs is 12. The average molecular weight is 680 g/mol. The molecule has 0 aliphatic carbocycles. The lowest BCUT2D eigenvalue weighted by atomic mass is 10.1. The van der Waals surface area contributed by atoms with E-state index in [1.54, 1.807) is 0 Å².